The van der Waals surface area contributed by atoms with Crippen LogP contribution in [0.3, 0.4) is 0 Å². The van der Waals surface area contributed by atoms with E-state index in [1.807, 2.05) is 38.4 Å². The third-order valence-corrected chi connectivity index (χ3v) is 3.59. The standard InChI is InChI=1S/C17H20ClNO.C2H2O4/c1-19(2)11-12-20-13-14-7-9-15(10-8-14)16-5-3-4-6-17(16)18;3-1(4)2(5)6/h3-10H,11-13H2,1-2H3;(H,3,4)(H,5,6)/p-2. The fraction of sp³-hybridized carbons (Fsp3) is 0.263. The number of rotatable bonds is 6. The number of likely N-dealkylation sites (N-methyl/N-ethyl adjacent to an activating group) is 1. The summed E-state index contributed by atoms with van der Waals surface area (Å²) < 4.78 is 5.63. The van der Waals surface area contributed by atoms with Gasteiger partial charge in [0.05, 0.1) is 25.2 Å². The highest BCUT2D eigenvalue weighted by Crippen LogP contribution is 2.27. The molecule has 2 aromatic carbocycles. The van der Waals surface area contributed by atoms with Crippen LogP contribution in [-0.4, -0.2) is 44.1 Å². The zero-order valence-electron chi connectivity index (χ0n) is 14.6. The second-order valence-corrected chi connectivity index (χ2v) is 6.01. The average molecular weight is 378 g/mol. The second kappa shape index (κ2) is 11.3. The van der Waals surface area contributed by atoms with E-state index in [0.717, 1.165) is 29.3 Å². The maximum absolute atomic E-state index is 8.93. The van der Waals surface area contributed by atoms with E-state index in [-0.39, 0.29) is 0 Å². The summed E-state index contributed by atoms with van der Waals surface area (Å²) in [7, 11) is 4.09. The molecule has 0 amide bonds. The van der Waals surface area contributed by atoms with E-state index in [9.17, 15) is 0 Å². The predicted molar refractivity (Wildman–Crippen MR) is 95.1 cm³/mol. The number of carbonyl (C=O) groups is 2. The molecule has 0 saturated carbocycles. The molecule has 0 aliphatic rings. The Kier molecular flexibility index (Phi) is 9.36. The van der Waals surface area contributed by atoms with Crippen molar-refractivity contribution in [1.29, 1.82) is 0 Å². The molecule has 0 atom stereocenters. The van der Waals surface area contributed by atoms with E-state index in [1.54, 1.807) is 0 Å². The molecule has 2 rings (SSSR count). The van der Waals surface area contributed by atoms with Crippen LogP contribution in [-0.2, 0) is 20.9 Å². The fourth-order valence-corrected chi connectivity index (χ4v) is 2.16. The molecule has 0 spiro atoms. The lowest BCUT2D eigenvalue weighted by Crippen LogP contribution is -2.42. The number of nitrogens with zero attached hydrogens (tertiary/aromatic N) is 1. The number of ether oxygens (including phenoxy) is 1. The lowest BCUT2D eigenvalue weighted by Gasteiger charge is -2.10. The van der Waals surface area contributed by atoms with Gasteiger partial charge in [0.15, 0.2) is 0 Å². The van der Waals surface area contributed by atoms with E-state index in [1.165, 1.54) is 5.56 Å². The summed E-state index contributed by atoms with van der Waals surface area (Å²) >= 11 is 6.20. The molecule has 0 aromatic heterocycles. The van der Waals surface area contributed by atoms with Crippen molar-refractivity contribution in [1.82, 2.24) is 4.90 Å². The molecule has 0 fully saturated rings. The number of halogens is 1. The predicted octanol–water partition coefficient (Wildman–Crippen LogP) is 0.571. The minimum Gasteiger partial charge on any atom is -0.543 e. The van der Waals surface area contributed by atoms with Gasteiger partial charge in [-0.05, 0) is 31.3 Å². The van der Waals surface area contributed by atoms with Gasteiger partial charge in [-0.3, -0.25) is 0 Å². The molecule has 0 bridgehead atoms. The van der Waals surface area contributed by atoms with Crippen LogP contribution in [0.15, 0.2) is 48.5 Å². The van der Waals surface area contributed by atoms with Crippen molar-refractivity contribution < 1.29 is 24.5 Å². The quantitative estimate of drug-likeness (QED) is 0.540. The fourth-order valence-electron chi connectivity index (χ4n) is 1.91. The second-order valence-electron chi connectivity index (χ2n) is 5.61. The Morgan fingerprint density at radius 1 is 1.00 bits per heavy atom. The Balaban J connectivity index is 0.000000487. The van der Waals surface area contributed by atoms with E-state index in [2.05, 4.69) is 29.2 Å². The van der Waals surface area contributed by atoms with E-state index in [4.69, 9.17) is 36.1 Å². The summed E-state index contributed by atoms with van der Waals surface area (Å²) in [4.78, 5) is 20.0. The van der Waals surface area contributed by atoms with Crippen molar-refractivity contribution in [2.45, 2.75) is 6.61 Å². The number of carboxylic acids is 2. The van der Waals surface area contributed by atoms with E-state index >= 15 is 0 Å². The average Bonchev–Trinajstić information content (AvgIpc) is 2.60. The van der Waals surface area contributed by atoms with E-state index < -0.39 is 11.9 Å². The van der Waals surface area contributed by atoms with Gasteiger partial charge in [0.1, 0.15) is 0 Å². The van der Waals surface area contributed by atoms with Gasteiger partial charge < -0.3 is 29.4 Å². The first kappa shape index (κ1) is 21.6. The lowest BCUT2D eigenvalue weighted by molar-refractivity contribution is -0.345. The summed E-state index contributed by atoms with van der Waals surface area (Å²) in [5.41, 5.74) is 3.38. The maximum atomic E-state index is 8.93. The minimum absolute atomic E-state index is 0.649. The number of hydrogen-bond donors (Lipinski definition) is 0. The van der Waals surface area contributed by atoms with Crippen molar-refractivity contribution in [2.75, 3.05) is 27.2 Å². The topological polar surface area (TPSA) is 92.7 Å². The normalized spacial score (nSPS) is 10.2. The van der Waals surface area contributed by atoms with Gasteiger partial charge in [-0.15, -0.1) is 0 Å². The number of benzene rings is 2. The monoisotopic (exact) mass is 377 g/mol. The molecular weight excluding hydrogens is 358 g/mol. The molecular formula is C19H20ClNO5-2. The van der Waals surface area contributed by atoms with Crippen LogP contribution in [0.2, 0.25) is 5.02 Å². The highest BCUT2D eigenvalue weighted by Gasteiger charge is 2.02. The zero-order valence-corrected chi connectivity index (χ0v) is 15.4. The van der Waals surface area contributed by atoms with Crippen molar-refractivity contribution in [3.8, 4) is 11.1 Å². The first-order chi connectivity index (χ1) is 12.3. The molecule has 0 radical (unpaired) electrons. The molecule has 0 aliphatic heterocycles. The summed E-state index contributed by atoms with van der Waals surface area (Å²) in [5.74, 6) is -4.37. The Morgan fingerprint density at radius 2 is 1.58 bits per heavy atom. The highest BCUT2D eigenvalue weighted by molar-refractivity contribution is 6.33. The molecule has 0 aliphatic carbocycles. The van der Waals surface area contributed by atoms with Gasteiger partial charge in [-0.2, -0.15) is 0 Å². The number of carbonyl (C=O) groups excluding carboxylic acids is 2. The van der Waals surface area contributed by atoms with Crippen molar-refractivity contribution in [3.05, 3.63) is 59.1 Å². The van der Waals surface area contributed by atoms with Crippen LogP contribution >= 0.6 is 11.6 Å². The van der Waals surface area contributed by atoms with Crippen molar-refractivity contribution >= 4 is 23.5 Å². The van der Waals surface area contributed by atoms with Gasteiger partial charge in [0.25, 0.3) is 0 Å². The largest absolute Gasteiger partial charge is 0.543 e. The van der Waals surface area contributed by atoms with Crippen LogP contribution in [0.1, 0.15) is 5.56 Å². The lowest BCUT2D eigenvalue weighted by atomic mass is 10.0. The smallest absolute Gasteiger partial charge is 0.0870 e. The van der Waals surface area contributed by atoms with E-state index in [0.29, 0.717) is 6.61 Å². The van der Waals surface area contributed by atoms with Crippen LogP contribution in [0.4, 0.5) is 0 Å². The first-order valence-electron chi connectivity index (χ1n) is 7.80. The molecule has 0 N–H and O–H groups in total. The summed E-state index contributed by atoms with van der Waals surface area (Å²) in [6, 6.07) is 16.2. The zero-order chi connectivity index (χ0) is 19.5. The van der Waals surface area contributed by atoms with Crippen LogP contribution in [0.5, 0.6) is 0 Å². The molecule has 2 aromatic rings. The Morgan fingerprint density at radius 3 is 2.08 bits per heavy atom. The molecule has 26 heavy (non-hydrogen) atoms. The first-order valence-corrected chi connectivity index (χ1v) is 8.17. The van der Waals surface area contributed by atoms with Crippen LogP contribution < -0.4 is 10.2 Å². The minimum atomic E-state index is -2.19. The Labute approximate surface area is 157 Å². The Bertz CT molecular complexity index is 704. The molecule has 0 heterocycles. The summed E-state index contributed by atoms with van der Waals surface area (Å²) in [6.07, 6.45) is 0. The third kappa shape index (κ3) is 8.11. The van der Waals surface area contributed by atoms with Gasteiger partial charge >= 0.3 is 0 Å². The third-order valence-electron chi connectivity index (χ3n) is 3.26. The van der Waals surface area contributed by atoms with Gasteiger partial charge in [0.2, 0.25) is 0 Å². The summed E-state index contributed by atoms with van der Waals surface area (Å²) in [6.45, 7) is 2.34. The number of carboxylic acid groups (broad SMARTS) is 2. The molecule has 0 unspecified atom stereocenters. The Hall–Kier alpha value is -2.41. The number of aliphatic carboxylic acids is 2. The maximum Gasteiger partial charge on any atom is 0.0870 e. The molecule has 0 saturated heterocycles. The molecule has 7 heteroatoms. The van der Waals surface area contributed by atoms with Crippen LogP contribution in [0.25, 0.3) is 11.1 Å². The van der Waals surface area contributed by atoms with Crippen molar-refractivity contribution in [2.24, 2.45) is 0 Å². The van der Waals surface area contributed by atoms with Crippen LogP contribution in [0, 0.1) is 0 Å². The van der Waals surface area contributed by atoms with Gasteiger partial charge in [-0.25, -0.2) is 0 Å². The van der Waals surface area contributed by atoms with Gasteiger partial charge in [-0.1, -0.05) is 54.1 Å². The summed E-state index contributed by atoms with van der Waals surface area (Å²) in [5, 5.41) is 18.6. The SMILES string of the molecule is CN(C)CCOCc1ccc(-c2ccccc2Cl)cc1.O=C([O-])C(=O)[O-]. The molecule has 6 nitrogen and oxygen atoms in total. The molecule has 140 valence electrons. The highest BCUT2D eigenvalue weighted by atomic mass is 35.5. The number of hydrogen-bond acceptors (Lipinski definition) is 6. The van der Waals surface area contributed by atoms with Crippen molar-refractivity contribution in [3.63, 3.8) is 0 Å². The van der Waals surface area contributed by atoms with Gasteiger partial charge in [0, 0.05) is 17.1 Å².